The lowest BCUT2D eigenvalue weighted by molar-refractivity contribution is -0.358. The standard InChI is InChI=1S/C23H27ClO8/c24-18-3-1-2-17(23(29)22(28)21(27)20(26)19(11-25)32-23)16(18)10-13-4-6-14(7-5-13)31-15-8-9-30-12-15/h1-7,15,19-22,25-29H,8-12H2/t15-,19+,20+,21-,22+,23-/m0/s1. The maximum atomic E-state index is 11.2. The van der Waals surface area contributed by atoms with Gasteiger partial charge in [0.25, 0.3) is 0 Å². The van der Waals surface area contributed by atoms with Crippen molar-refractivity contribution in [3.63, 3.8) is 0 Å². The number of rotatable bonds is 6. The maximum absolute atomic E-state index is 11.2. The Balaban J connectivity index is 1.60. The molecule has 2 aliphatic rings. The van der Waals surface area contributed by atoms with Crippen LogP contribution in [-0.4, -0.2) is 75.9 Å². The summed E-state index contributed by atoms with van der Waals surface area (Å²) in [7, 11) is 0. The second-order valence-electron chi connectivity index (χ2n) is 8.15. The topological polar surface area (TPSA) is 129 Å². The van der Waals surface area contributed by atoms with Crippen molar-refractivity contribution in [3.05, 3.63) is 64.2 Å². The molecule has 0 unspecified atom stereocenters. The first-order chi connectivity index (χ1) is 15.3. The zero-order chi connectivity index (χ0) is 22.9. The molecule has 4 rings (SSSR count). The van der Waals surface area contributed by atoms with E-state index in [2.05, 4.69) is 0 Å². The van der Waals surface area contributed by atoms with E-state index in [9.17, 15) is 25.5 Å². The molecule has 9 heteroatoms. The van der Waals surface area contributed by atoms with Crippen LogP contribution < -0.4 is 4.74 Å². The van der Waals surface area contributed by atoms with Gasteiger partial charge in [0.2, 0.25) is 5.79 Å². The molecule has 2 aromatic carbocycles. The molecule has 0 amide bonds. The first-order valence-electron chi connectivity index (χ1n) is 10.5. The number of halogens is 1. The largest absolute Gasteiger partial charge is 0.488 e. The van der Waals surface area contributed by atoms with Gasteiger partial charge < -0.3 is 39.7 Å². The van der Waals surface area contributed by atoms with Crippen LogP contribution in [0.1, 0.15) is 23.1 Å². The van der Waals surface area contributed by atoms with Crippen LogP contribution >= 0.6 is 11.6 Å². The fourth-order valence-corrected chi connectivity index (χ4v) is 4.38. The molecule has 0 bridgehead atoms. The number of benzene rings is 2. The summed E-state index contributed by atoms with van der Waals surface area (Å²) in [6, 6.07) is 12.2. The molecule has 2 heterocycles. The smallest absolute Gasteiger partial charge is 0.222 e. The Labute approximate surface area is 190 Å². The van der Waals surface area contributed by atoms with Crippen LogP contribution in [0.3, 0.4) is 0 Å². The third kappa shape index (κ3) is 4.50. The van der Waals surface area contributed by atoms with Crippen molar-refractivity contribution in [1.29, 1.82) is 0 Å². The van der Waals surface area contributed by atoms with Gasteiger partial charge in [-0.05, 0) is 35.7 Å². The molecular weight excluding hydrogens is 440 g/mol. The molecule has 32 heavy (non-hydrogen) atoms. The first kappa shape index (κ1) is 23.4. The quantitative estimate of drug-likeness (QED) is 0.421. The van der Waals surface area contributed by atoms with E-state index in [0.717, 1.165) is 17.7 Å². The maximum Gasteiger partial charge on any atom is 0.222 e. The fraction of sp³-hybridized carbons (Fsp3) is 0.478. The average molecular weight is 467 g/mol. The number of aliphatic hydroxyl groups is 5. The van der Waals surface area contributed by atoms with Crippen LogP contribution in [0.15, 0.2) is 42.5 Å². The number of hydrogen-bond donors (Lipinski definition) is 5. The van der Waals surface area contributed by atoms with Crippen LogP contribution in [0.25, 0.3) is 0 Å². The van der Waals surface area contributed by atoms with Gasteiger partial charge >= 0.3 is 0 Å². The van der Waals surface area contributed by atoms with E-state index >= 15 is 0 Å². The molecule has 2 saturated heterocycles. The highest BCUT2D eigenvalue weighted by Crippen LogP contribution is 2.40. The van der Waals surface area contributed by atoms with E-state index in [1.165, 1.54) is 6.07 Å². The van der Waals surface area contributed by atoms with Crippen molar-refractivity contribution in [2.75, 3.05) is 19.8 Å². The molecule has 2 fully saturated rings. The highest BCUT2D eigenvalue weighted by molar-refractivity contribution is 6.31. The van der Waals surface area contributed by atoms with Gasteiger partial charge in [0, 0.05) is 17.0 Å². The van der Waals surface area contributed by atoms with E-state index in [-0.39, 0.29) is 11.7 Å². The Morgan fingerprint density at radius 1 is 1.06 bits per heavy atom. The highest BCUT2D eigenvalue weighted by atomic mass is 35.5. The van der Waals surface area contributed by atoms with E-state index in [1.54, 1.807) is 12.1 Å². The van der Waals surface area contributed by atoms with Gasteiger partial charge in [0.05, 0.1) is 19.8 Å². The van der Waals surface area contributed by atoms with Crippen molar-refractivity contribution in [2.45, 2.75) is 49.1 Å². The summed E-state index contributed by atoms with van der Waals surface area (Å²) in [6.45, 7) is 0.607. The zero-order valence-corrected chi connectivity index (χ0v) is 18.1. The summed E-state index contributed by atoms with van der Waals surface area (Å²) < 4.78 is 16.7. The van der Waals surface area contributed by atoms with Gasteiger partial charge in [-0.15, -0.1) is 0 Å². The molecule has 0 aliphatic carbocycles. The van der Waals surface area contributed by atoms with Crippen molar-refractivity contribution >= 4 is 11.6 Å². The molecule has 6 atom stereocenters. The summed E-state index contributed by atoms with van der Waals surface area (Å²) in [5.74, 6) is -1.66. The molecule has 8 nitrogen and oxygen atoms in total. The molecule has 0 aromatic heterocycles. The van der Waals surface area contributed by atoms with E-state index in [1.807, 2.05) is 24.3 Å². The van der Waals surface area contributed by atoms with Crippen molar-refractivity contribution in [3.8, 4) is 5.75 Å². The first-order valence-corrected chi connectivity index (χ1v) is 10.9. The molecule has 174 valence electrons. The summed E-state index contributed by atoms with van der Waals surface area (Å²) in [6.07, 6.45) is -5.26. The summed E-state index contributed by atoms with van der Waals surface area (Å²) >= 11 is 6.44. The highest BCUT2D eigenvalue weighted by Gasteiger charge is 2.54. The molecule has 5 N–H and O–H groups in total. The van der Waals surface area contributed by atoms with E-state index < -0.39 is 36.8 Å². The minimum Gasteiger partial charge on any atom is -0.488 e. The predicted octanol–water partition coefficient (Wildman–Crippen LogP) is 0.717. The fourth-order valence-electron chi connectivity index (χ4n) is 4.14. The summed E-state index contributed by atoms with van der Waals surface area (Å²) in [5.41, 5.74) is 1.49. The molecule has 0 spiro atoms. The minimum absolute atomic E-state index is 0.0384. The second kappa shape index (κ2) is 9.62. The number of hydrogen-bond acceptors (Lipinski definition) is 8. The van der Waals surface area contributed by atoms with Crippen molar-refractivity contribution in [1.82, 2.24) is 0 Å². The molecular formula is C23H27ClO8. The lowest BCUT2D eigenvalue weighted by Crippen LogP contribution is -2.63. The average Bonchev–Trinajstić information content (AvgIpc) is 3.30. The zero-order valence-electron chi connectivity index (χ0n) is 17.3. The van der Waals surface area contributed by atoms with Crippen LogP contribution in [-0.2, 0) is 21.7 Å². The van der Waals surface area contributed by atoms with E-state index in [4.69, 9.17) is 25.8 Å². The molecule has 0 saturated carbocycles. The Hall–Kier alpha value is -1.75. The Morgan fingerprint density at radius 3 is 2.47 bits per heavy atom. The van der Waals surface area contributed by atoms with Gasteiger partial charge in [-0.3, -0.25) is 0 Å². The van der Waals surface area contributed by atoms with Gasteiger partial charge in [0.15, 0.2) is 0 Å². The van der Waals surface area contributed by atoms with Gasteiger partial charge in [-0.25, -0.2) is 0 Å². The summed E-state index contributed by atoms with van der Waals surface area (Å²) in [5, 5.41) is 51.9. The lowest BCUT2D eigenvalue weighted by atomic mass is 9.85. The Bertz CT molecular complexity index is 915. The van der Waals surface area contributed by atoms with Gasteiger partial charge in [-0.2, -0.15) is 0 Å². The monoisotopic (exact) mass is 466 g/mol. The number of ether oxygens (including phenoxy) is 3. The van der Waals surface area contributed by atoms with Crippen molar-refractivity contribution in [2.24, 2.45) is 0 Å². The lowest BCUT2D eigenvalue weighted by Gasteiger charge is -2.46. The van der Waals surface area contributed by atoms with Gasteiger partial charge in [0.1, 0.15) is 36.3 Å². The Kier molecular flexibility index (Phi) is 7.04. The minimum atomic E-state index is -2.38. The van der Waals surface area contributed by atoms with Gasteiger partial charge in [-0.1, -0.05) is 35.9 Å². The van der Waals surface area contributed by atoms with Crippen molar-refractivity contribution < 1.29 is 39.7 Å². The Morgan fingerprint density at radius 2 is 1.81 bits per heavy atom. The second-order valence-corrected chi connectivity index (χ2v) is 8.56. The molecule has 0 radical (unpaired) electrons. The normalized spacial score (nSPS) is 32.8. The van der Waals surface area contributed by atoms with Crippen LogP contribution in [0, 0.1) is 0 Å². The van der Waals surface area contributed by atoms with E-state index in [0.29, 0.717) is 30.2 Å². The van der Waals surface area contributed by atoms with Crippen LogP contribution in [0.5, 0.6) is 5.75 Å². The number of aliphatic hydroxyl groups excluding tert-OH is 4. The summed E-state index contributed by atoms with van der Waals surface area (Å²) in [4.78, 5) is 0. The van der Waals surface area contributed by atoms with Crippen LogP contribution in [0.4, 0.5) is 0 Å². The van der Waals surface area contributed by atoms with Crippen LogP contribution in [0.2, 0.25) is 5.02 Å². The third-order valence-electron chi connectivity index (χ3n) is 5.97. The SMILES string of the molecule is OC[C@H]1O[C@@](O)(c2cccc(Cl)c2Cc2ccc(O[C@H]3CCOC3)cc2)[C@H](O)[C@@H](O)[C@@H]1O. The molecule has 2 aliphatic heterocycles. The predicted molar refractivity (Wildman–Crippen MR) is 114 cm³/mol. The third-order valence-corrected chi connectivity index (χ3v) is 6.32. The molecule has 2 aromatic rings.